The van der Waals surface area contributed by atoms with Gasteiger partial charge in [0, 0.05) is 10.2 Å². The van der Waals surface area contributed by atoms with Crippen molar-refractivity contribution in [1.82, 2.24) is 0 Å². The first-order valence-electron chi connectivity index (χ1n) is 5.58. The van der Waals surface area contributed by atoms with Gasteiger partial charge in [-0.3, -0.25) is 4.79 Å². The first kappa shape index (κ1) is 15.5. The highest BCUT2D eigenvalue weighted by molar-refractivity contribution is 9.10. The highest BCUT2D eigenvalue weighted by Crippen LogP contribution is 2.22. The molecule has 0 saturated carbocycles. The fraction of sp³-hybridized carbons (Fsp3) is 0.385. The fourth-order valence-corrected chi connectivity index (χ4v) is 1.77. The summed E-state index contributed by atoms with van der Waals surface area (Å²) < 4.78 is 10.3. The van der Waals surface area contributed by atoms with Gasteiger partial charge in [-0.2, -0.15) is 0 Å². The second-order valence-electron chi connectivity index (χ2n) is 4.69. The van der Waals surface area contributed by atoms with Crippen LogP contribution < -0.4 is 5.73 Å². The van der Waals surface area contributed by atoms with Gasteiger partial charge in [-0.15, -0.1) is 0 Å². The van der Waals surface area contributed by atoms with Gasteiger partial charge in [-0.05, 0) is 48.0 Å². The molecule has 19 heavy (non-hydrogen) atoms. The monoisotopic (exact) mass is 329 g/mol. The number of anilines is 1. The lowest BCUT2D eigenvalue weighted by Gasteiger charge is -2.21. The van der Waals surface area contributed by atoms with Crippen molar-refractivity contribution in [2.75, 3.05) is 19.5 Å². The largest absolute Gasteiger partial charge is 0.469 e. The summed E-state index contributed by atoms with van der Waals surface area (Å²) in [6.45, 7) is 3.21. The Bertz CT molecular complexity index is 499. The van der Waals surface area contributed by atoms with Crippen LogP contribution in [-0.2, 0) is 14.3 Å². The van der Waals surface area contributed by atoms with E-state index < -0.39 is 17.4 Å². The highest BCUT2D eigenvalue weighted by atomic mass is 79.9. The van der Waals surface area contributed by atoms with Crippen LogP contribution in [0.15, 0.2) is 22.7 Å². The van der Waals surface area contributed by atoms with E-state index in [0.717, 1.165) is 0 Å². The molecule has 1 aromatic rings. The SMILES string of the molecule is COC(=O)C(C)(C)COC(=O)c1cc(N)ccc1Br. The molecule has 0 saturated heterocycles. The summed E-state index contributed by atoms with van der Waals surface area (Å²) in [5.74, 6) is -0.983. The van der Waals surface area contributed by atoms with E-state index in [2.05, 4.69) is 20.7 Å². The molecule has 0 aliphatic carbocycles. The van der Waals surface area contributed by atoms with E-state index in [-0.39, 0.29) is 6.61 Å². The molecule has 0 atom stereocenters. The Balaban J connectivity index is 2.76. The van der Waals surface area contributed by atoms with Gasteiger partial charge in [0.2, 0.25) is 0 Å². The van der Waals surface area contributed by atoms with Crippen molar-refractivity contribution in [3.05, 3.63) is 28.2 Å². The smallest absolute Gasteiger partial charge is 0.339 e. The molecule has 1 rings (SSSR count). The Hall–Kier alpha value is -1.56. The van der Waals surface area contributed by atoms with Crippen LogP contribution in [0.4, 0.5) is 5.69 Å². The van der Waals surface area contributed by atoms with Gasteiger partial charge in [0.1, 0.15) is 6.61 Å². The number of esters is 2. The lowest BCUT2D eigenvalue weighted by molar-refractivity contribution is -0.152. The normalized spacial score (nSPS) is 10.9. The van der Waals surface area contributed by atoms with Crippen LogP contribution in [0, 0.1) is 5.41 Å². The van der Waals surface area contributed by atoms with Gasteiger partial charge >= 0.3 is 11.9 Å². The topological polar surface area (TPSA) is 78.6 Å². The number of nitrogens with two attached hydrogens (primary N) is 1. The van der Waals surface area contributed by atoms with E-state index in [0.29, 0.717) is 15.7 Å². The summed E-state index contributed by atoms with van der Waals surface area (Å²) in [6.07, 6.45) is 0. The van der Waals surface area contributed by atoms with Gasteiger partial charge in [-0.25, -0.2) is 4.79 Å². The molecular formula is C13H16BrNO4. The molecule has 0 amide bonds. The highest BCUT2D eigenvalue weighted by Gasteiger charge is 2.31. The maximum absolute atomic E-state index is 11.9. The second kappa shape index (κ2) is 6.06. The zero-order valence-corrected chi connectivity index (χ0v) is 12.6. The Labute approximate surface area is 120 Å². The molecule has 6 heteroatoms. The molecule has 0 bridgehead atoms. The summed E-state index contributed by atoms with van der Waals surface area (Å²) >= 11 is 3.25. The molecular weight excluding hydrogens is 314 g/mol. The van der Waals surface area contributed by atoms with E-state index in [1.807, 2.05) is 0 Å². The summed E-state index contributed by atoms with van der Waals surface area (Å²) in [7, 11) is 1.29. The van der Waals surface area contributed by atoms with Crippen molar-refractivity contribution in [3.63, 3.8) is 0 Å². The number of hydrogen-bond acceptors (Lipinski definition) is 5. The van der Waals surface area contributed by atoms with E-state index >= 15 is 0 Å². The van der Waals surface area contributed by atoms with Gasteiger partial charge in [0.15, 0.2) is 0 Å². The third kappa shape index (κ3) is 3.96. The lowest BCUT2D eigenvalue weighted by Crippen LogP contribution is -2.32. The average molecular weight is 330 g/mol. The molecule has 0 radical (unpaired) electrons. The Morgan fingerprint density at radius 1 is 1.37 bits per heavy atom. The number of halogens is 1. The third-order valence-corrected chi connectivity index (χ3v) is 3.20. The molecule has 1 aromatic carbocycles. The molecule has 2 N–H and O–H groups in total. The van der Waals surface area contributed by atoms with Gasteiger partial charge in [0.25, 0.3) is 0 Å². The minimum absolute atomic E-state index is 0.0697. The van der Waals surface area contributed by atoms with Gasteiger partial charge in [0.05, 0.1) is 18.1 Å². The quantitative estimate of drug-likeness (QED) is 0.677. The zero-order chi connectivity index (χ0) is 14.6. The molecule has 0 unspecified atom stereocenters. The first-order valence-corrected chi connectivity index (χ1v) is 6.38. The summed E-state index contributed by atoms with van der Waals surface area (Å²) in [5.41, 5.74) is 5.50. The summed E-state index contributed by atoms with van der Waals surface area (Å²) in [5, 5.41) is 0. The molecule has 0 aliphatic heterocycles. The molecule has 0 aliphatic rings. The van der Waals surface area contributed by atoms with Gasteiger partial charge < -0.3 is 15.2 Å². The van der Waals surface area contributed by atoms with Crippen molar-refractivity contribution in [2.45, 2.75) is 13.8 Å². The molecule has 0 spiro atoms. The van der Waals surface area contributed by atoms with E-state index in [9.17, 15) is 9.59 Å². The minimum Gasteiger partial charge on any atom is -0.469 e. The van der Waals surface area contributed by atoms with E-state index in [4.69, 9.17) is 10.5 Å². The summed E-state index contributed by atoms with van der Waals surface area (Å²) in [6, 6.07) is 4.84. The predicted molar refractivity (Wildman–Crippen MR) is 74.6 cm³/mol. The number of ether oxygens (including phenoxy) is 2. The van der Waals surface area contributed by atoms with Crippen LogP contribution >= 0.6 is 15.9 Å². The van der Waals surface area contributed by atoms with Crippen molar-refractivity contribution in [3.8, 4) is 0 Å². The number of rotatable bonds is 4. The molecule has 0 heterocycles. The number of hydrogen-bond donors (Lipinski definition) is 1. The van der Waals surface area contributed by atoms with Crippen molar-refractivity contribution in [2.24, 2.45) is 5.41 Å². The number of methoxy groups -OCH3 is 1. The molecule has 0 aromatic heterocycles. The Morgan fingerprint density at radius 3 is 2.58 bits per heavy atom. The van der Waals surface area contributed by atoms with Crippen LogP contribution in [0.5, 0.6) is 0 Å². The average Bonchev–Trinajstić information content (AvgIpc) is 2.37. The molecule has 104 valence electrons. The van der Waals surface area contributed by atoms with Crippen molar-refractivity contribution >= 4 is 33.6 Å². The number of carbonyl (C=O) groups excluding carboxylic acids is 2. The number of carbonyl (C=O) groups is 2. The van der Waals surface area contributed by atoms with Crippen LogP contribution in [0.25, 0.3) is 0 Å². The Morgan fingerprint density at radius 2 is 2.00 bits per heavy atom. The maximum atomic E-state index is 11.9. The molecule has 5 nitrogen and oxygen atoms in total. The number of benzene rings is 1. The van der Waals surface area contributed by atoms with Crippen molar-refractivity contribution < 1.29 is 19.1 Å². The molecule has 0 fully saturated rings. The lowest BCUT2D eigenvalue weighted by atomic mass is 9.95. The fourth-order valence-electron chi connectivity index (χ4n) is 1.36. The predicted octanol–water partition coefficient (Wildman–Crippen LogP) is 2.39. The van der Waals surface area contributed by atoms with E-state index in [1.165, 1.54) is 13.2 Å². The first-order chi connectivity index (χ1) is 8.77. The Kier molecular flexibility index (Phi) is 4.94. The van der Waals surface area contributed by atoms with Gasteiger partial charge in [-0.1, -0.05) is 0 Å². The van der Waals surface area contributed by atoms with E-state index in [1.54, 1.807) is 26.0 Å². The summed E-state index contributed by atoms with van der Waals surface area (Å²) in [4.78, 5) is 23.4. The van der Waals surface area contributed by atoms with Crippen LogP contribution in [0.2, 0.25) is 0 Å². The standard InChI is InChI=1S/C13H16BrNO4/c1-13(2,12(17)18-3)7-19-11(16)9-6-8(15)4-5-10(9)14/h4-6H,7,15H2,1-3H3. The number of nitrogen functional groups attached to an aromatic ring is 1. The zero-order valence-electron chi connectivity index (χ0n) is 11.0. The van der Waals surface area contributed by atoms with Crippen LogP contribution in [-0.4, -0.2) is 25.7 Å². The second-order valence-corrected chi connectivity index (χ2v) is 5.55. The van der Waals surface area contributed by atoms with Crippen LogP contribution in [0.3, 0.4) is 0 Å². The third-order valence-electron chi connectivity index (χ3n) is 2.51. The maximum Gasteiger partial charge on any atom is 0.339 e. The van der Waals surface area contributed by atoms with Crippen LogP contribution in [0.1, 0.15) is 24.2 Å². The van der Waals surface area contributed by atoms with Crippen molar-refractivity contribution in [1.29, 1.82) is 0 Å². The minimum atomic E-state index is -0.892.